The topological polar surface area (TPSA) is 152 Å². The predicted octanol–water partition coefficient (Wildman–Crippen LogP) is 3.78. The minimum atomic E-state index is -1.47. The van der Waals surface area contributed by atoms with Crippen LogP contribution >= 0.6 is 0 Å². The van der Waals surface area contributed by atoms with Gasteiger partial charge in [-0.15, -0.1) is 0 Å². The largest absolute Gasteiger partial charge is 0.480 e. The SMILES string of the molecule is CC(C)(C)OC(=O)N[C@@H](Cc1cc(Oc2cccc(C#N)c2)ccc1[N+](=O)[O-])C(=O)O. The number of amides is 1. The molecule has 0 saturated carbocycles. The summed E-state index contributed by atoms with van der Waals surface area (Å²) in [4.78, 5) is 34.4. The molecule has 0 spiro atoms. The number of carbonyl (C=O) groups excluding carboxylic acids is 1. The summed E-state index contributed by atoms with van der Waals surface area (Å²) in [5.41, 5.74) is -0.755. The lowest BCUT2D eigenvalue weighted by molar-refractivity contribution is -0.385. The molecule has 2 aromatic carbocycles. The van der Waals surface area contributed by atoms with Crippen LogP contribution in [-0.2, 0) is 16.0 Å². The highest BCUT2D eigenvalue weighted by Gasteiger charge is 2.27. The summed E-state index contributed by atoms with van der Waals surface area (Å²) >= 11 is 0. The van der Waals surface area contributed by atoms with Crippen molar-refractivity contribution in [3.63, 3.8) is 0 Å². The van der Waals surface area contributed by atoms with Crippen molar-refractivity contribution >= 4 is 17.7 Å². The minimum Gasteiger partial charge on any atom is -0.480 e. The van der Waals surface area contributed by atoms with Gasteiger partial charge >= 0.3 is 12.1 Å². The molecule has 0 saturated heterocycles. The number of nitriles is 1. The van der Waals surface area contributed by atoms with E-state index in [9.17, 15) is 24.8 Å². The van der Waals surface area contributed by atoms with Gasteiger partial charge in [0.15, 0.2) is 0 Å². The van der Waals surface area contributed by atoms with Crippen LogP contribution in [0.5, 0.6) is 11.5 Å². The summed E-state index contributed by atoms with van der Waals surface area (Å²) in [5, 5.41) is 32.1. The van der Waals surface area contributed by atoms with Crippen LogP contribution in [0.4, 0.5) is 10.5 Å². The maximum Gasteiger partial charge on any atom is 0.408 e. The molecule has 0 unspecified atom stereocenters. The smallest absolute Gasteiger partial charge is 0.408 e. The van der Waals surface area contributed by atoms with Gasteiger partial charge in [0.05, 0.1) is 16.6 Å². The third-order valence-electron chi connectivity index (χ3n) is 3.86. The normalized spacial score (nSPS) is 11.7. The van der Waals surface area contributed by atoms with Crippen LogP contribution in [0.1, 0.15) is 31.9 Å². The van der Waals surface area contributed by atoms with Gasteiger partial charge in [-0.2, -0.15) is 5.26 Å². The molecular formula is C21H21N3O7. The molecule has 0 aliphatic carbocycles. The van der Waals surface area contributed by atoms with E-state index in [0.29, 0.717) is 11.3 Å². The Bertz CT molecular complexity index is 1040. The van der Waals surface area contributed by atoms with Crippen molar-refractivity contribution in [2.75, 3.05) is 0 Å². The number of nitro benzene ring substituents is 1. The number of hydrogen-bond donors (Lipinski definition) is 2. The molecule has 2 N–H and O–H groups in total. The van der Waals surface area contributed by atoms with Gasteiger partial charge in [-0.1, -0.05) is 6.07 Å². The second kappa shape index (κ2) is 9.58. The summed E-state index contributed by atoms with van der Waals surface area (Å²) in [6, 6.07) is 10.7. The van der Waals surface area contributed by atoms with Crippen molar-refractivity contribution in [3.05, 3.63) is 63.7 Å². The average Bonchev–Trinajstić information content (AvgIpc) is 2.66. The number of benzene rings is 2. The molecule has 1 amide bonds. The van der Waals surface area contributed by atoms with E-state index >= 15 is 0 Å². The van der Waals surface area contributed by atoms with Gasteiger partial charge < -0.3 is 19.9 Å². The molecule has 0 aromatic heterocycles. The van der Waals surface area contributed by atoms with E-state index in [2.05, 4.69) is 5.32 Å². The number of carbonyl (C=O) groups is 2. The quantitative estimate of drug-likeness (QED) is 0.500. The summed E-state index contributed by atoms with van der Waals surface area (Å²) < 4.78 is 10.7. The van der Waals surface area contributed by atoms with Gasteiger partial charge in [-0.05, 0) is 51.1 Å². The number of ether oxygens (including phenoxy) is 2. The molecule has 0 radical (unpaired) electrons. The van der Waals surface area contributed by atoms with Crippen LogP contribution in [0.3, 0.4) is 0 Å². The fourth-order valence-electron chi connectivity index (χ4n) is 2.60. The summed E-state index contributed by atoms with van der Waals surface area (Å²) in [6.07, 6.45) is -1.33. The highest BCUT2D eigenvalue weighted by atomic mass is 16.6. The first-order valence-electron chi connectivity index (χ1n) is 9.16. The molecule has 162 valence electrons. The van der Waals surface area contributed by atoms with E-state index in [-0.39, 0.29) is 23.4 Å². The van der Waals surface area contributed by atoms with Crippen LogP contribution in [0.25, 0.3) is 0 Å². The molecule has 0 aliphatic heterocycles. The maximum absolute atomic E-state index is 12.0. The molecule has 0 aliphatic rings. The zero-order valence-corrected chi connectivity index (χ0v) is 17.1. The fraction of sp³-hybridized carbons (Fsp3) is 0.286. The number of nitrogens with one attached hydrogen (secondary N) is 1. The molecule has 2 aromatic rings. The van der Waals surface area contributed by atoms with Crippen molar-refractivity contribution in [3.8, 4) is 17.6 Å². The Morgan fingerprint density at radius 1 is 1.23 bits per heavy atom. The number of carboxylic acid groups (broad SMARTS) is 1. The number of carboxylic acids is 1. The van der Waals surface area contributed by atoms with Crippen LogP contribution in [0, 0.1) is 21.4 Å². The second-order valence-corrected chi connectivity index (χ2v) is 7.53. The zero-order valence-electron chi connectivity index (χ0n) is 17.1. The number of alkyl carbamates (subject to hydrolysis) is 1. The number of nitrogens with zero attached hydrogens (tertiary/aromatic N) is 2. The van der Waals surface area contributed by atoms with E-state index in [0.717, 1.165) is 0 Å². The summed E-state index contributed by atoms with van der Waals surface area (Å²) in [6.45, 7) is 4.86. The van der Waals surface area contributed by atoms with Crippen molar-refractivity contribution in [2.24, 2.45) is 0 Å². The Kier molecular flexibility index (Phi) is 7.15. The molecule has 10 heteroatoms. The van der Waals surface area contributed by atoms with Crippen LogP contribution in [-0.4, -0.2) is 33.7 Å². The van der Waals surface area contributed by atoms with Gasteiger partial charge in [0.2, 0.25) is 0 Å². The van der Waals surface area contributed by atoms with E-state index in [4.69, 9.17) is 14.7 Å². The Labute approximate surface area is 178 Å². The van der Waals surface area contributed by atoms with Crippen molar-refractivity contribution in [1.29, 1.82) is 5.26 Å². The van der Waals surface area contributed by atoms with Gasteiger partial charge in [0.1, 0.15) is 23.1 Å². The predicted molar refractivity (Wildman–Crippen MR) is 109 cm³/mol. The first-order valence-corrected chi connectivity index (χ1v) is 9.16. The highest BCUT2D eigenvalue weighted by Crippen LogP contribution is 2.29. The number of aliphatic carboxylic acids is 1. The Morgan fingerprint density at radius 2 is 1.90 bits per heavy atom. The highest BCUT2D eigenvalue weighted by molar-refractivity contribution is 5.80. The van der Waals surface area contributed by atoms with Gasteiger partial charge in [0.25, 0.3) is 5.69 Å². The molecule has 31 heavy (non-hydrogen) atoms. The van der Waals surface area contributed by atoms with Gasteiger partial charge in [0, 0.05) is 18.1 Å². The zero-order chi connectivity index (χ0) is 23.2. The van der Waals surface area contributed by atoms with E-state index in [1.165, 1.54) is 24.3 Å². The van der Waals surface area contributed by atoms with Crippen LogP contribution in [0.2, 0.25) is 0 Å². The van der Waals surface area contributed by atoms with Crippen molar-refractivity contribution in [2.45, 2.75) is 38.8 Å². The van der Waals surface area contributed by atoms with Crippen LogP contribution < -0.4 is 10.1 Å². The first kappa shape index (κ1) is 23.2. The van der Waals surface area contributed by atoms with E-state index < -0.39 is 28.6 Å². The van der Waals surface area contributed by atoms with Gasteiger partial charge in [-0.25, -0.2) is 9.59 Å². The first-order chi connectivity index (χ1) is 14.5. The van der Waals surface area contributed by atoms with Crippen LogP contribution in [0.15, 0.2) is 42.5 Å². The standard InChI is InChI=1S/C21H21N3O7/c1-21(2,3)31-20(27)23-17(19(25)26)11-14-10-16(7-8-18(14)24(28)29)30-15-6-4-5-13(9-15)12-22/h4-10,17H,11H2,1-3H3,(H,23,27)(H,25,26)/t17-/m0/s1. The third kappa shape index (κ3) is 7.01. The monoisotopic (exact) mass is 427 g/mol. The summed E-state index contributed by atoms with van der Waals surface area (Å²) in [5.74, 6) is -0.842. The molecule has 10 nitrogen and oxygen atoms in total. The molecule has 0 fully saturated rings. The summed E-state index contributed by atoms with van der Waals surface area (Å²) in [7, 11) is 0. The maximum atomic E-state index is 12.0. The number of hydrogen-bond acceptors (Lipinski definition) is 7. The molecular weight excluding hydrogens is 406 g/mol. The average molecular weight is 427 g/mol. The second-order valence-electron chi connectivity index (χ2n) is 7.53. The Hall–Kier alpha value is -4.13. The Morgan fingerprint density at radius 3 is 2.48 bits per heavy atom. The third-order valence-corrected chi connectivity index (χ3v) is 3.86. The molecule has 0 bridgehead atoms. The minimum absolute atomic E-state index is 0.0439. The number of nitro groups is 1. The lowest BCUT2D eigenvalue weighted by Gasteiger charge is -2.22. The fourth-order valence-corrected chi connectivity index (χ4v) is 2.60. The molecule has 0 heterocycles. The van der Waals surface area contributed by atoms with Crippen molar-refractivity contribution < 1.29 is 29.1 Å². The van der Waals surface area contributed by atoms with Gasteiger partial charge in [-0.3, -0.25) is 10.1 Å². The molecule has 1 atom stereocenters. The van der Waals surface area contributed by atoms with E-state index in [1.54, 1.807) is 39.0 Å². The number of rotatable bonds is 7. The van der Waals surface area contributed by atoms with E-state index in [1.807, 2.05) is 6.07 Å². The van der Waals surface area contributed by atoms with Crippen molar-refractivity contribution in [1.82, 2.24) is 5.32 Å². The molecule has 2 rings (SSSR count). The lowest BCUT2D eigenvalue weighted by Crippen LogP contribution is -2.44. The lowest BCUT2D eigenvalue weighted by atomic mass is 10.0. The Balaban J connectivity index is 2.30.